The van der Waals surface area contributed by atoms with Gasteiger partial charge in [-0.15, -0.1) is 11.3 Å². The van der Waals surface area contributed by atoms with Gasteiger partial charge in [0.2, 0.25) is 5.91 Å². The zero-order valence-corrected chi connectivity index (χ0v) is 14.7. The first-order valence-electron chi connectivity index (χ1n) is 7.47. The lowest BCUT2D eigenvalue weighted by molar-refractivity contribution is -0.119. The monoisotopic (exact) mass is 339 g/mol. The van der Waals surface area contributed by atoms with E-state index in [0.29, 0.717) is 21.9 Å². The Hall–Kier alpha value is -1.34. The highest BCUT2D eigenvalue weighted by molar-refractivity contribution is 7.99. The van der Waals surface area contributed by atoms with Gasteiger partial charge in [-0.3, -0.25) is 14.2 Å². The molecule has 0 saturated carbocycles. The third-order valence-electron chi connectivity index (χ3n) is 3.31. The van der Waals surface area contributed by atoms with Crippen molar-refractivity contribution in [3.63, 3.8) is 0 Å². The summed E-state index contributed by atoms with van der Waals surface area (Å²) in [5.41, 5.74) is 0.687. The van der Waals surface area contributed by atoms with Gasteiger partial charge in [0, 0.05) is 12.6 Å². The van der Waals surface area contributed by atoms with E-state index in [2.05, 4.69) is 17.2 Å². The Balaban J connectivity index is 2.11. The summed E-state index contributed by atoms with van der Waals surface area (Å²) in [6.45, 7) is 6.56. The summed E-state index contributed by atoms with van der Waals surface area (Å²) >= 11 is 2.72. The molecule has 0 saturated heterocycles. The van der Waals surface area contributed by atoms with Gasteiger partial charge in [-0.1, -0.05) is 25.1 Å². The molecule has 7 heteroatoms. The first-order valence-corrected chi connectivity index (χ1v) is 9.33. The maximum atomic E-state index is 12.4. The van der Waals surface area contributed by atoms with Crippen LogP contribution in [0.3, 0.4) is 0 Å². The van der Waals surface area contributed by atoms with Gasteiger partial charge in [0.05, 0.1) is 11.3 Å². The van der Waals surface area contributed by atoms with Crippen LogP contribution in [0.15, 0.2) is 21.4 Å². The van der Waals surface area contributed by atoms with Crippen molar-refractivity contribution >= 4 is 39.2 Å². The fraction of sp³-hybridized carbons (Fsp3) is 0.533. The second-order valence-electron chi connectivity index (χ2n) is 5.12. The molecule has 0 aliphatic carbocycles. The highest BCUT2D eigenvalue weighted by Crippen LogP contribution is 2.20. The first kappa shape index (κ1) is 17.0. The lowest BCUT2D eigenvalue weighted by Gasteiger charge is -2.13. The summed E-state index contributed by atoms with van der Waals surface area (Å²) in [7, 11) is 0. The van der Waals surface area contributed by atoms with Gasteiger partial charge in [-0.25, -0.2) is 4.98 Å². The van der Waals surface area contributed by atoms with Crippen LogP contribution in [0.1, 0.15) is 33.6 Å². The zero-order valence-electron chi connectivity index (χ0n) is 13.1. The van der Waals surface area contributed by atoms with Crippen molar-refractivity contribution in [1.82, 2.24) is 14.9 Å². The van der Waals surface area contributed by atoms with Crippen molar-refractivity contribution in [2.75, 3.05) is 5.75 Å². The third-order valence-corrected chi connectivity index (χ3v) is 5.18. The van der Waals surface area contributed by atoms with E-state index in [1.165, 1.54) is 23.1 Å². The van der Waals surface area contributed by atoms with Gasteiger partial charge < -0.3 is 5.32 Å². The molecule has 1 amide bonds. The summed E-state index contributed by atoms with van der Waals surface area (Å²) in [6, 6.07) is 2.02. The number of thiophene rings is 1. The number of carbonyl (C=O) groups excluding carboxylic acids is 1. The number of hydrogen-bond acceptors (Lipinski definition) is 5. The second-order valence-corrected chi connectivity index (χ2v) is 6.98. The van der Waals surface area contributed by atoms with E-state index in [1.54, 1.807) is 4.57 Å². The lowest BCUT2D eigenvalue weighted by atomic mass is 10.2. The molecule has 2 heterocycles. The molecular formula is C15H21N3O2S2. The van der Waals surface area contributed by atoms with E-state index >= 15 is 0 Å². The van der Waals surface area contributed by atoms with E-state index in [-0.39, 0.29) is 23.3 Å². The van der Waals surface area contributed by atoms with Crippen molar-refractivity contribution < 1.29 is 4.79 Å². The highest BCUT2D eigenvalue weighted by Gasteiger charge is 2.13. The van der Waals surface area contributed by atoms with Crippen LogP contribution in [0.2, 0.25) is 0 Å². The Morgan fingerprint density at radius 2 is 2.27 bits per heavy atom. The fourth-order valence-corrected chi connectivity index (χ4v) is 3.92. The molecule has 120 valence electrons. The van der Waals surface area contributed by atoms with E-state index in [4.69, 9.17) is 0 Å². The number of aromatic nitrogens is 2. The standard InChI is InChI=1S/C15H21N3O2S2/c1-4-6-10(3)16-12(19)9-22-15-17-11-7-8-21-13(11)14(20)18(15)5-2/h7-8,10H,4-6,9H2,1-3H3,(H,16,19). The molecule has 1 unspecified atom stereocenters. The molecule has 0 aromatic carbocycles. The van der Waals surface area contributed by atoms with Crippen LogP contribution in [0.5, 0.6) is 0 Å². The van der Waals surface area contributed by atoms with Crippen molar-refractivity contribution in [2.24, 2.45) is 0 Å². The quantitative estimate of drug-likeness (QED) is 0.622. The van der Waals surface area contributed by atoms with Crippen LogP contribution in [-0.2, 0) is 11.3 Å². The van der Waals surface area contributed by atoms with Gasteiger partial charge in [0.1, 0.15) is 4.70 Å². The van der Waals surface area contributed by atoms with Gasteiger partial charge >= 0.3 is 0 Å². The number of nitrogens with one attached hydrogen (secondary N) is 1. The maximum absolute atomic E-state index is 12.4. The summed E-state index contributed by atoms with van der Waals surface area (Å²) in [5.74, 6) is 0.254. The van der Waals surface area contributed by atoms with Crippen molar-refractivity contribution in [3.8, 4) is 0 Å². The summed E-state index contributed by atoms with van der Waals surface area (Å²) in [6.07, 6.45) is 2.01. The van der Waals surface area contributed by atoms with Gasteiger partial charge in [0.25, 0.3) is 5.56 Å². The van der Waals surface area contributed by atoms with E-state index in [1.807, 2.05) is 25.3 Å². The van der Waals surface area contributed by atoms with Crippen molar-refractivity contribution in [2.45, 2.75) is 51.4 Å². The number of hydrogen-bond donors (Lipinski definition) is 1. The zero-order chi connectivity index (χ0) is 16.1. The largest absolute Gasteiger partial charge is 0.353 e. The summed E-state index contributed by atoms with van der Waals surface area (Å²) < 4.78 is 2.30. The average Bonchev–Trinajstić information content (AvgIpc) is 2.94. The second kappa shape index (κ2) is 7.78. The molecule has 0 aliphatic rings. The predicted molar refractivity (Wildman–Crippen MR) is 92.8 cm³/mol. The van der Waals surface area contributed by atoms with Gasteiger partial charge in [-0.2, -0.15) is 0 Å². The molecular weight excluding hydrogens is 318 g/mol. The molecule has 0 bridgehead atoms. The summed E-state index contributed by atoms with van der Waals surface area (Å²) in [4.78, 5) is 28.8. The Morgan fingerprint density at radius 1 is 1.50 bits per heavy atom. The maximum Gasteiger partial charge on any atom is 0.272 e. The number of thioether (sulfide) groups is 1. The van der Waals surface area contributed by atoms with Crippen LogP contribution in [0.4, 0.5) is 0 Å². The molecule has 1 atom stereocenters. The fourth-order valence-electron chi connectivity index (χ4n) is 2.26. The minimum Gasteiger partial charge on any atom is -0.353 e. The molecule has 0 aliphatic heterocycles. The lowest BCUT2D eigenvalue weighted by Crippen LogP contribution is -2.34. The Labute approximate surface area is 138 Å². The molecule has 0 fully saturated rings. The Morgan fingerprint density at radius 3 is 2.95 bits per heavy atom. The van der Waals surface area contributed by atoms with Gasteiger partial charge in [-0.05, 0) is 31.7 Å². The van der Waals surface area contributed by atoms with Crippen LogP contribution in [0, 0.1) is 0 Å². The smallest absolute Gasteiger partial charge is 0.272 e. The minimum absolute atomic E-state index is 0.0201. The molecule has 2 aromatic rings. The van der Waals surface area contributed by atoms with E-state index in [9.17, 15) is 9.59 Å². The molecule has 1 N–H and O–H groups in total. The van der Waals surface area contributed by atoms with Crippen LogP contribution in [-0.4, -0.2) is 27.3 Å². The highest BCUT2D eigenvalue weighted by atomic mass is 32.2. The molecule has 22 heavy (non-hydrogen) atoms. The molecule has 5 nitrogen and oxygen atoms in total. The van der Waals surface area contributed by atoms with Crippen molar-refractivity contribution in [3.05, 3.63) is 21.8 Å². The first-order chi connectivity index (χ1) is 10.6. The summed E-state index contributed by atoms with van der Waals surface area (Å²) in [5, 5.41) is 5.44. The minimum atomic E-state index is -0.0234. The van der Waals surface area contributed by atoms with Crippen LogP contribution >= 0.6 is 23.1 Å². The number of fused-ring (bicyclic) bond motifs is 1. The number of amides is 1. The molecule has 0 spiro atoms. The SMILES string of the molecule is CCCC(C)NC(=O)CSc1nc2ccsc2c(=O)n1CC. The third kappa shape index (κ3) is 3.89. The van der Waals surface area contributed by atoms with Crippen LogP contribution < -0.4 is 10.9 Å². The number of carbonyl (C=O) groups is 1. The van der Waals surface area contributed by atoms with Crippen LogP contribution in [0.25, 0.3) is 10.2 Å². The number of nitrogens with zero attached hydrogens (tertiary/aromatic N) is 2. The molecule has 2 rings (SSSR count). The topological polar surface area (TPSA) is 64.0 Å². The molecule has 2 aromatic heterocycles. The molecule has 0 radical (unpaired) electrons. The Kier molecular flexibility index (Phi) is 6.02. The number of rotatable bonds is 7. The predicted octanol–water partition coefficient (Wildman–Crippen LogP) is 2.87. The van der Waals surface area contributed by atoms with E-state index in [0.717, 1.165) is 12.8 Å². The average molecular weight is 339 g/mol. The normalized spacial score (nSPS) is 12.5. The van der Waals surface area contributed by atoms with E-state index < -0.39 is 0 Å². The van der Waals surface area contributed by atoms with Crippen molar-refractivity contribution in [1.29, 1.82) is 0 Å². The Bertz CT molecular complexity index is 708. The van der Waals surface area contributed by atoms with Gasteiger partial charge in [0.15, 0.2) is 5.16 Å².